The summed E-state index contributed by atoms with van der Waals surface area (Å²) in [4.78, 5) is 26.0. The highest BCUT2D eigenvalue weighted by molar-refractivity contribution is 7.99. The molecule has 132 valence electrons. The predicted octanol–water partition coefficient (Wildman–Crippen LogP) is 2.35. The smallest absolute Gasteiger partial charge is 0.252 e. The first kappa shape index (κ1) is 17.8. The van der Waals surface area contributed by atoms with Crippen LogP contribution in [0.4, 0.5) is 5.69 Å². The second kappa shape index (κ2) is 8.92. The topological polar surface area (TPSA) is 61.4 Å². The molecule has 0 spiro atoms. The molecule has 1 fully saturated rings. The highest BCUT2D eigenvalue weighted by atomic mass is 32.2. The van der Waals surface area contributed by atoms with E-state index in [1.54, 1.807) is 11.4 Å². The van der Waals surface area contributed by atoms with Crippen LogP contribution in [-0.2, 0) is 11.3 Å². The Hall–Kier alpha value is -1.99. The van der Waals surface area contributed by atoms with E-state index >= 15 is 0 Å². The molecule has 0 atom stereocenters. The lowest BCUT2D eigenvalue weighted by atomic mass is 10.2. The lowest BCUT2D eigenvalue weighted by Gasteiger charge is -2.28. The Labute approximate surface area is 155 Å². The third-order valence-electron chi connectivity index (χ3n) is 4.00. The summed E-state index contributed by atoms with van der Waals surface area (Å²) >= 11 is 3.45. The minimum absolute atomic E-state index is 0.0157. The summed E-state index contributed by atoms with van der Waals surface area (Å²) in [5.74, 6) is 1.94. The standard InChI is InChI=1S/C18H21N3O2S2/c22-17(12-20-18(23)15-5-8-25-13-15)19-11-14-1-3-16(4-2-14)21-6-9-24-10-7-21/h1-5,8,13H,6-7,9-12H2,(H,19,22)(H,20,23). The van der Waals surface area contributed by atoms with Gasteiger partial charge in [-0.1, -0.05) is 12.1 Å². The third-order valence-corrected chi connectivity index (χ3v) is 5.62. The fraction of sp³-hybridized carbons (Fsp3) is 0.333. The Kier molecular flexibility index (Phi) is 6.36. The first-order valence-electron chi connectivity index (χ1n) is 8.21. The van der Waals surface area contributed by atoms with Crippen molar-refractivity contribution >= 4 is 40.6 Å². The van der Waals surface area contributed by atoms with Crippen molar-refractivity contribution in [1.29, 1.82) is 0 Å². The summed E-state index contributed by atoms with van der Waals surface area (Å²) < 4.78 is 0. The van der Waals surface area contributed by atoms with Crippen molar-refractivity contribution in [3.8, 4) is 0 Å². The van der Waals surface area contributed by atoms with Crippen LogP contribution in [0, 0.1) is 0 Å². The van der Waals surface area contributed by atoms with Gasteiger partial charge in [0.15, 0.2) is 0 Å². The Bertz CT molecular complexity index is 696. The number of carbonyl (C=O) groups is 2. The molecule has 25 heavy (non-hydrogen) atoms. The van der Waals surface area contributed by atoms with Crippen LogP contribution in [0.1, 0.15) is 15.9 Å². The SMILES string of the molecule is O=C(CNC(=O)c1ccsc1)NCc1ccc(N2CCSCC2)cc1. The van der Waals surface area contributed by atoms with E-state index < -0.39 is 0 Å². The van der Waals surface area contributed by atoms with Gasteiger partial charge in [0.05, 0.1) is 6.54 Å². The number of thiophene rings is 1. The molecule has 1 aliphatic heterocycles. The van der Waals surface area contributed by atoms with Gasteiger partial charge in [-0.15, -0.1) is 0 Å². The Morgan fingerprint density at radius 1 is 1.04 bits per heavy atom. The largest absolute Gasteiger partial charge is 0.370 e. The average Bonchev–Trinajstić information content (AvgIpc) is 3.20. The molecule has 0 saturated carbocycles. The molecule has 2 heterocycles. The van der Waals surface area contributed by atoms with Crippen molar-refractivity contribution in [1.82, 2.24) is 10.6 Å². The molecule has 1 aliphatic rings. The number of nitrogens with one attached hydrogen (secondary N) is 2. The number of carbonyl (C=O) groups excluding carboxylic acids is 2. The molecule has 2 amide bonds. The third kappa shape index (κ3) is 5.24. The van der Waals surface area contributed by atoms with Crippen LogP contribution in [0.2, 0.25) is 0 Å². The van der Waals surface area contributed by atoms with E-state index in [0.717, 1.165) is 18.7 Å². The van der Waals surface area contributed by atoms with Gasteiger partial charge in [0, 0.05) is 47.8 Å². The monoisotopic (exact) mass is 375 g/mol. The highest BCUT2D eigenvalue weighted by Crippen LogP contribution is 2.19. The van der Waals surface area contributed by atoms with E-state index in [1.807, 2.05) is 29.3 Å². The maximum absolute atomic E-state index is 11.9. The van der Waals surface area contributed by atoms with Gasteiger partial charge in [-0.2, -0.15) is 23.1 Å². The number of thioether (sulfide) groups is 1. The van der Waals surface area contributed by atoms with Gasteiger partial charge in [-0.05, 0) is 29.1 Å². The van der Waals surface area contributed by atoms with E-state index in [0.29, 0.717) is 12.1 Å². The number of hydrogen-bond donors (Lipinski definition) is 2. The number of anilines is 1. The van der Waals surface area contributed by atoms with Gasteiger partial charge in [-0.3, -0.25) is 9.59 Å². The number of rotatable bonds is 6. The molecule has 0 bridgehead atoms. The molecule has 2 aromatic rings. The first-order valence-corrected chi connectivity index (χ1v) is 10.3. The quantitative estimate of drug-likeness (QED) is 0.814. The molecule has 3 rings (SSSR count). The van der Waals surface area contributed by atoms with E-state index in [1.165, 1.54) is 28.5 Å². The fourth-order valence-corrected chi connectivity index (χ4v) is 4.10. The summed E-state index contributed by atoms with van der Waals surface area (Å²) in [5, 5.41) is 9.05. The summed E-state index contributed by atoms with van der Waals surface area (Å²) in [5.41, 5.74) is 2.87. The second-order valence-corrected chi connectivity index (χ2v) is 7.74. The van der Waals surface area contributed by atoms with Gasteiger partial charge >= 0.3 is 0 Å². The summed E-state index contributed by atoms with van der Waals surface area (Å²) in [6.07, 6.45) is 0. The van der Waals surface area contributed by atoms with E-state index in [2.05, 4.69) is 27.7 Å². The summed E-state index contributed by atoms with van der Waals surface area (Å²) in [7, 11) is 0. The van der Waals surface area contributed by atoms with Crippen LogP contribution in [-0.4, -0.2) is 43.0 Å². The fourth-order valence-electron chi connectivity index (χ4n) is 2.57. The molecule has 7 heteroatoms. The maximum Gasteiger partial charge on any atom is 0.252 e. The lowest BCUT2D eigenvalue weighted by Crippen LogP contribution is -2.36. The zero-order chi connectivity index (χ0) is 17.5. The molecular weight excluding hydrogens is 354 g/mol. The molecule has 1 saturated heterocycles. The molecule has 0 unspecified atom stereocenters. The molecule has 2 N–H and O–H groups in total. The molecule has 1 aromatic carbocycles. The maximum atomic E-state index is 11.9. The van der Waals surface area contributed by atoms with E-state index in [-0.39, 0.29) is 18.4 Å². The van der Waals surface area contributed by atoms with Crippen LogP contribution in [0.25, 0.3) is 0 Å². The van der Waals surface area contributed by atoms with Crippen LogP contribution >= 0.6 is 23.1 Å². The Morgan fingerprint density at radius 2 is 1.80 bits per heavy atom. The minimum Gasteiger partial charge on any atom is -0.370 e. The Morgan fingerprint density at radius 3 is 2.48 bits per heavy atom. The molecule has 0 radical (unpaired) electrons. The molecule has 0 aliphatic carbocycles. The number of amides is 2. The van der Waals surface area contributed by atoms with Gasteiger partial charge in [0.25, 0.3) is 5.91 Å². The van der Waals surface area contributed by atoms with Gasteiger partial charge in [-0.25, -0.2) is 0 Å². The minimum atomic E-state index is -0.222. The number of hydrogen-bond acceptors (Lipinski definition) is 5. The second-order valence-electron chi connectivity index (χ2n) is 5.74. The molecule has 1 aromatic heterocycles. The highest BCUT2D eigenvalue weighted by Gasteiger charge is 2.11. The van der Waals surface area contributed by atoms with Crippen LogP contribution in [0.3, 0.4) is 0 Å². The van der Waals surface area contributed by atoms with Crippen molar-refractivity contribution in [2.24, 2.45) is 0 Å². The van der Waals surface area contributed by atoms with E-state index in [4.69, 9.17) is 0 Å². The van der Waals surface area contributed by atoms with Crippen molar-refractivity contribution in [2.45, 2.75) is 6.54 Å². The van der Waals surface area contributed by atoms with Gasteiger partial charge < -0.3 is 15.5 Å². The summed E-state index contributed by atoms with van der Waals surface area (Å²) in [6, 6.07) is 10.0. The van der Waals surface area contributed by atoms with Gasteiger partial charge in [0.1, 0.15) is 0 Å². The van der Waals surface area contributed by atoms with E-state index in [9.17, 15) is 9.59 Å². The normalized spacial score (nSPS) is 14.2. The van der Waals surface area contributed by atoms with Crippen molar-refractivity contribution < 1.29 is 9.59 Å². The molecular formula is C18H21N3O2S2. The average molecular weight is 376 g/mol. The zero-order valence-electron chi connectivity index (χ0n) is 13.9. The zero-order valence-corrected chi connectivity index (χ0v) is 15.5. The number of benzene rings is 1. The van der Waals surface area contributed by atoms with Gasteiger partial charge in [0.2, 0.25) is 5.91 Å². The predicted molar refractivity (Wildman–Crippen MR) is 104 cm³/mol. The van der Waals surface area contributed by atoms with Crippen molar-refractivity contribution in [2.75, 3.05) is 36.0 Å². The first-order chi connectivity index (χ1) is 12.2. The molecule has 5 nitrogen and oxygen atoms in total. The van der Waals surface area contributed by atoms with Crippen molar-refractivity contribution in [3.63, 3.8) is 0 Å². The van der Waals surface area contributed by atoms with Crippen molar-refractivity contribution in [3.05, 3.63) is 52.2 Å². The van der Waals surface area contributed by atoms with Crippen LogP contribution in [0.5, 0.6) is 0 Å². The summed E-state index contributed by atoms with van der Waals surface area (Å²) in [6.45, 7) is 2.62. The number of nitrogens with zero attached hydrogens (tertiary/aromatic N) is 1. The van der Waals surface area contributed by atoms with Crippen LogP contribution < -0.4 is 15.5 Å². The lowest BCUT2D eigenvalue weighted by molar-refractivity contribution is -0.120. The Balaban J connectivity index is 1.41. The van der Waals surface area contributed by atoms with Crippen LogP contribution in [0.15, 0.2) is 41.1 Å².